The van der Waals surface area contributed by atoms with Gasteiger partial charge in [-0.3, -0.25) is 0 Å². The Balaban J connectivity index is 2.00. The van der Waals surface area contributed by atoms with Crippen molar-refractivity contribution in [3.8, 4) is 0 Å². The van der Waals surface area contributed by atoms with E-state index in [0.29, 0.717) is 6.04 Å². The third-order valence-corrected chi connectivity index (χ3v) is 3.39. The summed E-state index contributed by atoms with van der Waals surface area (Å²) in [6, 6.07) is 2.66. The number of rotatable bonds is 2. The van der Waals surface area contributed by atoms with Crippen molar-refractivity contribution in [3.63, 3.8) is 0 Å². The molecule has 0 radical (unpaired) electrons. The smallest absolute Gasteiger partial charge is 0.154 e. The van der Waals surface area contributed by atoms with Crippen molar-refractivity contribution in [1.29, 1.82) is 0 Å². The summed E-state index contributed by atoms with van der Waals surface area (Å²) >= 11 is 0. The van der Waals surface area contributed by atoms with E-state index in [2.05, 4.69) is 26.4 Å². The Labute approximate surface area is 100 Å². The first-order valence-corrected chi connectivity index (χ1v) is 6.01. The third kappa shape index (κ3) is 1.76. The summed E-state index contributed by atoms with van der Waals surface area (Å²) in [7, 11) is 2.02. The van der Waals surface area contributed by atoms with E-state index in [4.69, 9.17) is 0 Å². The SMILES string of the molecule is CNC1CCN(c2nccn3nc(C)cc23)C1. The average molecular weight is 231 g/mol. The molecule has 3 heterocycles. The lowest BCUT2D eigenvalue weighted by molar-refractivity contribution is 0.616. The van der Waals surface area contributed by atoms with Crippen LogP contribution in [-0.4, -0.2) is 40.8 Å². The molecule has 2 aromatic heterocycles. The molecule has 1 unspecified atom stereocenters. The van der Waals surface area contributed by atoms with Crippen LogP contribution in [0.2, 0.25) is 0 Å². The molecule has 1 atom stereocenters. The van der Waals surface area contributed by atoms with E-state index in [9.17, 15) is 0 Å². The van der Waals surface area contributed by atoms with Crippen LogP contribution in [0.4, 0.5) is 5.82 Å². The van der Waals surface area contributed by atoms with Crippen LogP contribution in [0.1, 0.15) is 12.1 Å². The Morgan fingerprint density at radius 3 is 3.12 bits per heavy atom. The second kappa shape index (κ2) is 4.00. The Morgan fingerprint density at radius 1 is 1.47 bits per heavy atom. The predicted octanol–water partition coefficient (Wildman–Crippen LogP) is 0.836. The highest BCUT2D eigenvalue weighted by Crippen LogP contribution is 2.23. The molecule has 0 spiro atoms. The lowest BCUT2D eigenvalue weighted by Crippen LogP contribution is -2.30. The van der Waals surface area contributed by atoms with Gasteiger partial charge in [-0.25, -0.2) is 9.50 Å². The molecule has 90 valence electrons. The quantitative estimate of drug-likeness (QED) is 0.832. The van der Waals surface area contributed by atoms with Gasteiger partial charge in [0.25, 0.3) is 0 Å². The number of nitrogens with zero attached hydrogens (tertiary/aromatic N) is 4. The fourth-order valence-electron chi connectivity index (χ4n) is 2.46. The highest BCUT2D eigenvalue weighted by molar-refractivity contribution is 5.69. The number of nitrogens with one attached hydrogen (secondary N) is 1. The van der Waals surface area contributed by atoms with Crippen molar-refractivity contribution >= 4 is 11.3 Å². The van der Waals surface area contributed by atoms with Crippen LogP contribution in [-0.2, 0) is 0 Å². The molecular weight excluding hydrogens is 214 g/mol. The molecule has 1 saturated heterocycles. The molecule has 3 rings (SSSR count). The lowest BCUT2D eigenvalue weighted by atomic mass is 10.3. The minimum atomic E-state index is 0.570. The van der Waals surface area contributed by atoms with Crippen LogP contribution >= 0.6 is 0 Å². The van der Waals surface area contributed by atoms with Gasteiger partial charge in [0, 0.05) is 31.5 Å². The maximum absolute atomic E-state index is 4.51. The molecule has 0 aliphatic carbocycles. The average Bonchev–Trinajstić information content (AvgIpc) is 2.92. The highest BCUT2D eigenvalue weighted by atomic mass is 15.3. The third-order valence-electron chi connectivity index (χ3n) is 3.39. The monoisotopic (exact) mass is 231 g/mol. The van der Waals surface area contributed by atoms with Gasteiger partial charge in [-0.15, -0.1) is 0 Å². The second-order valence-corrected chi connectivity index (χ2v) is 4.59. The Kier molecular flexibility index (Phi) is 2.48. The van der Waals surface area contributed by atoms with Gasteiger partial charge in [0.15, 0.2) is 5.82 Å². The van der Waals surface area contributed by atoms with Gasteiger partial charge in [0.1, 0.15) is 5.52 Å². The van der Waals surface area contributed by atoms with Crippen molar-refractivity contribution < 1.29 is 0 Å². The molecule has 1 aliphatic heterocycles. The fraction of sp³-hybridized carbons (Fsp3) is 0.500. The minimum Gasteiger partial charge on any atom is -0.353 e. The summed E-state index contributed by atoms with van der Waals surface area (Å²) in [5.41, 5.74) is 2.13. The van der Waals surface area contributed by atoms with E-state index in [1.165, 1.54) is 6.42 Å². The zero-order chi connectivity index (χ0) is 11.8. The van der Waals surface area contributed by atoms with Gasteiger partial charge < -0.3 is 10.2 Å². The molecule has 0 amide bonds. The van der Waals surface area contributed by atoms with E-state index < -0.39 is 0 Å². The summed E-state index contributed by atoms with van der Waals surface area (Å²) in [6.07, 6.45) is 4.89. The Bertz CT molecular complexity index is 533. The van der Waals surface area contributed by atoms with Gasteiger partial charge in [-0.1, -0.05) is 0 Å². The topological polar surface area (TPSA) is 45.5 Å². The van der Waals surface area contributed by atoms with Crippen LogP contribution in [0, 0.1) is 6.92 Å². The Morgan fingerprint density at radius 2 is 2.35 bits per heavy atom. The largest absolute Gasteiger partial charge is 0.353 e. The summed E-state index contributed by atoms with van der Waals surface area (Å²) in [5.74, 6) is 1.05. The van der Waals surface area contributed by atoms with Crippen molar-refractivity contribution in [3.05, 3.63) is 24.2 Å². The number of hydrogen-bond donors (Lipinski definition) is 1. The van der Waals surface area contributed by atoms with Gasteiger partial charge in [-0.2, -0.15) is 5.10 Å². The number of anilines is 1. The molecule has 1 aliphatic rings. The summed E-state index contributed by atoms with van der Waals surface area (Å²) < 4.78 is 1.91. The maximum atomic E-state index is 4.51. The summed E-state index contributed by atoms with van der Waals surface area (Å²) in [6.45, 7) is 4.09. The molecular formula is C12H17N5. The molecule has 0 aromatic carbocycles. The van der Waals surface area contributed by atoms with Crippen LogP contribution in [0.5, 0.6) is 0 Å². The summed E-state index contributed by atoms with van der Waals surface area (Å²) in [5, 5.41) is 7.74. The number of likely N-dealkylation sites (N-methyl/N-ethyl adjacent to an activating group) is 1. The molecule has 1 fully saturated rings. The van der Waals surface area contributed by atoms with Crippen molar-refractivity contribution in [2.24, 2.45) is 0 Å². The highest BCUT2D eigenvalue weighted by Gasteiger charge is 2.23. The summed E-state index contributed by atoms with van der Waals surface area (Å²) in [4.78, 5) is 6.84. The van der Waals surface area contributed by atoms with E-state index in [1.807, 2.05) is 30.9 Å². The number of aryl methyl sites for hydroxylation is 1. The predicted molar refractivity (Wildman–Crippen MR) is 67.4 cm³/mol. The molecule has 5 nitrogen and oxygen atoms in total. The van der Waals surface area contributed by atoms with Crippen LogP contribution in [0.15, 0.2) is 18.5 Å². The van der Waals surface area contributed by atoms with E-state index in [-0.39, 0.29) is 0 Å². The second-order valence-electron chi connectivity index (χ2n) is 4.59. The fourth-order valence-corrected chi connectivity index (χ4v) is 2.46. The van der Waals surface area contributed by atoms with Crippen molar-refractivity contribution in [1.82, 2.24) is 19.9 Å². The normalized spacial score (nSPS) is 20.4. The van der Waals surface area contributed by atoms with Crippen LogP contribution < -0.4 is 10.2 Å². The molecule has 0 saturated carbocycles. The standard InChI is InChI=1S/C12H17N5/c1-9-7-11-12(14-4-6-17(11)15-9)16-5-3-10(8-16)13-2/h4,6-7,10,13H,3,5,8H2,1-2H3. The molecule has 17 heavy (non-hydrogen) atoms. The zero-order valence-electron chi connectivity index (χ0n) is 10.2. The van der Waals surface area contributed by atoms with E-state index in [1.54, 1.807) is 0 Å². The molecule has 5 heteroatoms. The molecule has 1 N–H and O–H groups in total. The minimum absolute atomic E-state index is 0.570. The van der Waals surface area contributed by atoms with Gasteiger partial charge in [0.2, 0.25) is 0 Å². The first kappa shape index (κ1) is 10.5. The molecule has 2 aromatic rings. The number of aromatic nitrogens is 3. The number of fused-ring (bicyclic) bond motifs is 1. The lowest BCUT2D eigenvalue weighted by Gasteiger charge is -2.17. The van der Waals surface area contributed by atoms with Gasteiger partial charge in [-0.05, 0) is 26.5 Å². The number of hydrogen-bond acceptors (Lipinski definition) is 4. The zero-order valence-corrected chi connectivity index (χ0v) is 10.2. The van der Waals surface area contributed by atoms with Gasteiger partial charge >= 0.3 is 0 Å². The van der Waals surface area contributed by atoms with Crippen molar-refractivity contribution in [2.45, 2.75) is 19.4 Å². The van der Waals surface area contributed by atoms with Crippen molar-refractivity contribution in [2.75, 3.05) is 25.0 Å². The maximum Gasteiger partial charge on any atom is 0.154 e. The first-order valence-electron chi connectivity index (χ1n) is 6.01. The van der Waals surface area contributed by atoms with Gasteiger partial charge in [0.05, 0.1) is 5.69 Å². The molecule has 0 bridgehead atoms. The van der Waals surface area contributed by atoms with Crippen LogP contribution in [0.25, 0.3) is 5.52 Å². The van der Waals surface area contributed by atoms with E-state index in [0.717, 1.165) is 30.1 Å². The Hall–Kier alpha value is -1.62. The van der Waals surface area contributed by atoms with E-state index >= 15 is 0 Å². The first-order chi connectivity index (χ1) is 8.28. The van der Waals surface area contributed by atoms with Crippen LogP contribution in [0.3, 0.4) is 0 Å².